The highest BCUT2D eigenvalue weighted by molar-refractivity contribution is 6.31. The number of halogens is 4. The molecule has 3 aromatic rings. The van der Waals surface area contributed by atoms with Crippen LogP contribution in [0.3, 0.4) is 0 Å². The first-order chi connectivity index (χ1) is 21.2. The quantitative estimate of drug-likeness (QED) is 0.323. The van der Waals surface area contributed by atoms with E-state index in [1.54, 1.807) is 4.68 Å². The average Bonchev–Trinajstić information content (AvgIpc) is 3.56. The fourth-order valence-corrected chi connectivity index (χ4v) is 8.17. The Morgan fingerprint density at radius 3 is 2.44 bits per heavy atom. The largest absolute Gasteiger partial charge is 0.342 e. The van der Waals surface area contributed by atoms with E-state index in [9.17, 15) is 13.6 Å². The summed E-state index contributed by atoms with van der Waals surface area (Å²) < 4.78 is 45.2. The van der Waals surface area contributed by atoms with Gasteiger partial charge in [-0.1, -0.05) is 24.6 Å². The van der Waals surface area contributed by atoms with Crippen LogP contribution >= 0.6 is 11.6 Å². The second-order valence-electron chi connectivity index (χ2n) is 14.2. The molecule has 0 saturated carbocycles. The third kappa shape index (κ3) is 5.53. The molecule has 3 aliphatic rings. The molecule has 2 saturated heterocycles. The number of carbonyl (C=O) groups is 1. The lowest BCUT2D eigenvalue weighted by atomic mass is 9.73. The standard InChI is InChI=1S/C33H41ClF3N7O/c1-18(30-39-40-41-42(30)6)23-16-33(29-22(23)15-25(34)19(2)38-29)10-13-43(14-11-33)31(45)21-9-12-44(32(3,4)5)17-24(21)20-7-8-26(35)28(37)27(20)36/h7-8,15,18,21,23-24H,9-14,16-17H2,1-6H3/t18?,21?,23-,24-/m0/s1. The number of benzene rings is 1. The van der Waals surface area contributed by atoms with Gasteiger partial charge in [-0.2, -0.15) is 0 Å². The number of amides is 1. The second kappa shape index (κ2) is 11.6. The van der Waals surface area contributed by atoms with Crippen LogP contribution < -0.4 is 0 Å². The number of carbonyl (C=O) groups excluding carboxylic acids is 1. The summed E-state index contributed by atoms with van der Waals surface area (Å²) in [5.41, 5.74) is 2.55. The number of pyridine rings is 1. The van der Waals surface area contributed by atoms with Crippen molar-refractivity contribution in [2.75, 3.05) is 26.2 Å². The van der Waals surface area contributed by atoms with Crippen LogP contribution in [0, 0.1) is 30.3 Å². The molecule has 2 aliphatic heterocycles. The Balaban J connectivity index is 1.26. The van der Waals surface area contributed by atoms with E-state index in [2.05, 4.69) is 48.1 Å². The van der Waals surface area contributed by atoms with Crippen LogP contribution in [0.2, 0.25) is 5.02 Å². The number of piperidine rings is 2. The van der Waals surface area contributed by atoms with Gasteiger partial charge in [0.2, 0.25) is 5.91 Å². The van der Waals surface area contributed by atoms with Crippen molar-refractivity contribution in [2.24, 2.45) is 13.0 Å². The van der Waals surface area contributed by atoms with Crippen LogP contribution in [0.15, 0.2) is 18.2 Å². The molecule has 1 aromatic carbocycles. The first-order valence-electron chi connectivity index (χ1n) is 15.8. The Morgan fingerprint density at radius 2 is 1.80 bits per heavy atom. The summed E-state index contributed by atoms with van der Waals surface area (Å²) in [7, 11) is 1.84. The maximum Gasteiger partial charge on any atom is 0.226 e. The zero-order valence-electron chi connectivity index (χ0n) is 26.7. The molecule has 1 amide bonds. The van der Waals surface area contributed by atoms with Crippen LogP contribution in [-0.2, 0) is 17.3 Å². The molecular formula is C33H41ClF3N7O. The van der Waals surface area contributed by atoms with Crippen molar-refractivity contribution >= 4 is 17.5 Å². The third-order valence-corrected chi connectivity index (χ3v) is 11.1. The minimum absolute atomic E-state index is 0.0307. The minimum atomic E-state index is -1.49. The van der Waals surface area contributed by atoms with E-state index in [-0.39, 0.29) is 34.3 Å². The molecule has 0 radical (unpaired) electrons. The maximum atomic E-state index is 15.2. The van der Waals surface area contributed by atoms with E-state index < -0.39 is 29.3 Å². The van der Waals surface area contributed by atoms with Gasteiger partial charge in [-0.25, -0.2) is 17.9 Å². The molecule has 0 N–H and O–H groups in total. The average molecular weight is 644 g/mol. The summed E-state index contributed by atoms with van der Waals surface area (Å²) in [5.74, 6) is -4.17. The Labute approximate surface area is 267 Å². The summed E-state index contributed by atoms with van der Waals surface area (Å²) in [6.07, 6.45) is 2.81. The summed E-state index contributed by atoms with van der Waals surface area (Å²) >= 11 is 6.59. The van der Waals surface area contributed by atoms with Crippen LogP contribution in [0.4, 0.5) is 13.2 Å². The van der Waals surface area contributed by atoms with Crippen molar-refractivity contribution in [1.82, 2.24) is 35.0 Å². The van der Waals surface area contributed by atoms with E-state index in [0.29, 0.717) is 37.6 Å². The molecule has 4 heterocycles. The minimum Gasteiger partial charge on any atom is -0.342 e. The molecule has 45 heavy (non-hydrogen) atoms. The van der Waals surface area contributed by atoms with Gasteiger partial charge in [0.25, 0.3) is 0 Å². The van der Waals surface area contributed by atoms with E-state index in [0.717, 1.165) is 48.1 Å². The molecule has 12 heteroatoms. The number of hydrogen-bond acceptors (Lipinski definition) is 6. The predicted octanol–water partition coefficient (Wildman–Crippen LogP) is 6.04. The molecule has 6 rings (SSSR count). The molecular weight excluding hydrogens is 603 g/mol. The molecule has 1 aliphatic carbocycles. The lowest BCUT2D eigenvalue weighted by Gasteiger charge is -2.47. The molecule has 4 atom stereocenters. The second-order valence-corrected chi connectivity index (χ2v) is 14.6. The van der Waals surface area contributed by atoms with Crippen molar-refractivity contribution < 1.29 is 18.0 Å². The number of nitrogens with zero attached hydrogens (tertiary/aromatic N) is 7. The Bertz CT molecular complexity index is 1610. The van der Waals surface area contributed by atoms with Crippen LogP contribution in [-0.4, -0.2) is 72.6 Å². The van der Waals surface area contributed by atoms with Crippen molar-refractivity contribution in [3.8, 4) is 0 Å². The highest BCUT2D eigenvalue weighted by Gasteiger charge is 2.51. The van der Waals surface area contributed by atoms with Crippen molar-refractivity contribution in [3.63, 3.8) is 0 Å². The zero-order valence-corrected chi connectivity index (χ0v) is 27.5. The molecule has 2 unspecified atom stereocenters. The number of tetrazole rings is 1. The smallest absolute Gasteiger partial charge is 0.226 e. The Morgan fingerprint density at radius 1 is 1.09 bits per heavy atom. The summed E-state index contributed by atoms with van der Waals surface area (Å²) in [6, 6.07) is 4.31. The van der Waals surface area contributed by atoms with Gasteiger partial charge in [-0.3, -0.25) is 14.7 Å². The molecule has 2 fully saturated rings. The first kappa shape index (κ1) is 31.9. The number of aryl methyl sites for hydroxylation is 2. The number of fused-ring (bicyclic) bond motifs is 2. The van der Waals surface area contributed by atoms with Crippen molar-refractivity contribution in [3.05, 3.63) is 69.0 Å². The number of rotatable bonds is 4. The van der Waals surface area contributed by atoms with Gasteiger partial charge in [-0.15, -0.1) is 5.10 Å². The van der Waals surface area contributed by atoms with E-state index in [1.807, 2.05) is 24.9 Å². The monoisotopic (exact) mass is 643 g/mol. The van der Waals surface area contributed by atoms with Gasteiger partial charge in [-0.05, 0) is 99.5 Å². The van der Waals surface area contributed by atoms with Gasteiger partial charge in [0.15, 0.2) is 23.3 Å². The highest BCUT2D eigenvalue weighted by atomic mass is 35.5. The van der Waals surface area contributed by atoms with Crippen LogP contribution in [0.5, 0.6) is 0 Å². The van der Waals surface area contributed by atoms with Gasteiger partial charge < -0.3 is 4.90 Å². The van der Waals surface area contributed by atoms with E-state index >= 15 is 4.39 Å². The van der Waals surface area contributed by atoms with E-state index in [4.69, 9.17) is 16.6 Å². The summed E-state index contributed by atoms with van der Waals surface area (Å²) in [6.45, 7) is 12.3. The topological polar surface area (TPSA) is 80.0 Å². The van der Waals surface area contributed by atoms with E-state index in [1.165, 1.54) is 6.07 Å². The predicted molar refractivity (Wildman–Crippen MR) is 165 cm³/mol. The lowest BCUT2D eigenvalue weighted by molar-refractivity contribution is -0.140. The van der Waals surface area contributed by atoms with Crippen molar-refractivity contribution in [1.29, 1.82) is 0 Å². The maximum absolute atomic E-state index is 15.2. The Hall–Kier alpha value is -3.05. The van der Waals surface area contributed by atoms with Crippen LogP contribution in [0.25, 0.3) is 0 Å². The number of likely N-dealkylation sites (tertiary alicyclic amines) is 2. The van der Waals surface area contributed by atoms with Gasteiger partial charge in [0.05, 0.1) is 16.4 Å². The molecule has 0 bridgehead atoms. The third-order valence-electron chi connectivity index (χ3n) is 10.7. The lowest BCUT2D eigenvalue weighted by Crippen LogP contribution is -2.54. The fraction of sp³-hybridized carbons (Fsp3) is 0.606. The van der Waals surface area contributed by atoms with Gasteiger partial charge in [0.1, 0.15) is 0 Å². The Kier molecular flexibility index (Phi) is 8.25. The number of aromatic nitrogens is 5. The van der Waals surface area contributed by atoms with Crippen LogP contribution in [0.1, 0.15) is 99.5 Å². The molecule has 2 aromatic heterocycles. The molecule has 242 valence electrons. The van der Waals surface area contributed by atoms with Gasteiger partial charge >= 0.3 is 0 Å². The van der Waals surface area contributed by atoms with Crippen molar-refractivity contribution in [2.45, 2.75) is 89.0 Å². The fourth-order valence-electron chi connectivity index (χ4n) is 8.01. The SMILES string of the molecule is Cc1nc2c(cc1Cl)[C@H](C(C)c1nnnn1C)CC21CCN(C(=O)C2CCN(C(C)(C)C)C[C@H]2c2ccc(F)c(F)c2F)CC1. The highest BCUT2D eigenvalue weighted by Crippen LogP contribution is 2.55. The van der Waals surface area contributed by atoms with Gasteiger partial charge in [0, 0.05) is 55.4 Å². The normalized spacial score (nSPS) is 24.2. The summed E-state index contributed by atoms with van der Waals surface area (Å²) in [4.78, 5) is 23.3. The number of hydrogen-bond donors (Lipinski definition) is 0. The first-order valence-corrected chi connectivity index (χ1v) is 16.2. The summed E-state index contributed by atoms with van der Waals surface area (Å²) in [5, 5.41) is 12.8. The molecule has 8 nitrogen and oxygen atoms in total. The molecule has 1 spiro atoms. The zero-order chi connectivity index (χ0) is 32.4.